The third-order valence-electron chi connectivity index (χ3n) is 10.1. The van der Waals surface area contributed by atoms with Gasteiger partial charge in [-0.2, -0.15) is 0 Å². The lowest BCUT2D eigenvalue weighted by Gasteiger charge is -2.24. The molecule has 0 rings (SSSR count). The summed E-state index contributed by atoms with van der Waals surface area (Å²) in [5.74, 6) is -0.534. The van der Waals surface area contributed by atoms with Gasteiger partial charge in [0.05, 0.1) is 25.2 Å². The van der Waals surface area contributed by atoms with Crippen LogP contribution < -0.4 is 5.32 Å². The summed E-state index contributed by atoms with van der Waals surface area (Å²) >= 11 is 0. The lowest BCUT2D eigenvalue weighted by atomic mass is 10.0. The molecule has 0 aliphatic rings. The van der Waals surface area contributed by atoms with Crippen LogP contribution in [0.5, 0.6) is 0 Å². The molecule has 0 aromatic heterocycles. The first-order valence-corrected chi connectivity index (χ1v) is 22.9. The predicted octanol–water partition coefficient (Wildman–Crippen LogP) is 13.1. The van der Waals surface area contributed by atoms with Gasteiger partial charge in [-0.05, 0) is 83.5 Å². The largest absolute Gasteiger partial charge is 0.462 e. The van der Waals surface area contributed by atoms with E-state index in [4.69, 9.17) is 4.74 Å². The van der Waals surface area contributed by atoms with E-state index in [0.29, 0.717) is 19.3 Å². The highest BCUT2D eigenvalue weighted by Crippen LogP contribution is 2.16. The highest BCUT2D eigenvalue weighted by molar-refractivity contribution is 5.77. The Morgan fingerprint density at radius 1 is 0.556 bits per heavy atom. The molecule has 0 aliphatic heterocycles. The lowest BCUT2D eigenvalue weighted by molar-refractivity contribution is -0.151. The third kappa shape index (κ3) is 36.8. The predicted molar refractivity (Wildman–Crippen MR) is 232 cm³/mol. The maximum absolute atomic E-state index is 13.1. The van der Waals surface area contributed by atoms with E-state index in [1.165, 1.54) is 83.5 Å². The lowest BCUT2D eigenvalue weighted by Crippen LogP contribution is -2.46. The standard InChI is InChI=1S/C48H87NO5/c1-4-7-10-13-16-19-22-24-26-29-32-35-38-41-48(53)54-44(39-36-33-30-27-25-23-20-17-14-11-8-5-2)42-47(52)49-45(43-50)46(51)40-37-34-31-28-21-18-15-12-9-6-3/h8,11,17,20,24-27,44-46,50-51H,4-7,9-10,12-16,18-19,21-23,28-43H2,1-3H3,(H,49,52)/b11-8+,20-17+,26-24-,27-25+. The Morgan fingerprint density at radius 2 is 1.00 bits per heavy atom. The zero-order valence-electron chi connectivity index (χ0n) is 35.6. The van der Waals surface area contributed by atoms with Gasteiger partial charge in [0.15, 0.2) is 0 Å². The van der Waals surface area contributed by atoms with Crippen molar-refractivity contribution in [1.29, 1.82) is 0 Å². The maximum Gasteiger partial charge on any atom is 0.306 e. The van der Waals surface area contributed by atoms with Gasteiger partial charge in [0, 0.05) is 6.42 Å². The van der Waals surface area contributed by atoms with Crippen molar-refractivity contribution in [2.75, 3.05) is 6.61 Å². The second-order valence-corrected chi connectivity index (χ2v) is 15.4. The molecular formula is C48H87NO5. The number of hydrogen-bond donors (Lipinski definition) is 3. The van der Waals surface area contributed by atoms with E-state index < -0.39 is 18.2 Å². The van der Waals surface area contributed by atoms with Crippen molar-refractivity contribution in [2.45, 2.75) is 238 Å². The molecule has 3 atom stereocenters. The number of hydrogen-bond acceptors (Lipinski definition) is 5. The first-order valence-electron chi connectivity index (χ1n) is 22.9. The Labute approximate surface area is 334 Å². The van der Waals surface area contributed by atoms with E-state index in [1.807, 2.05) is 0 Å². The molecule has 3 N–H and O–H groups in total. The number of rotatable bonds is 40. The molecule has 0 aliphatic carbocycles. The van der Waals surface area contributed by atoms with E-state index in [1.54, 1.807) is 0 Å². The molecular weight excluding hydrogens is 671 g/mol. The average molecular weight is 758 g/mol. The molecule has 0 bridgehead atoms. The van der Waals surface area contributed by atoms with E-state index in [0.717, 1.165) is 89.9 Å². The minimum atomic E-state index is -0.797. The van der Waals surface area contributed by atoms with Crippen LogP contribution in [0.15, 0.2) is 48.6 Å². The fraction of sp³-hybridized carbons (Fsp3) is 0.792. The number of allylic oxidation sites excluding steroid dienone is 8. The van der Waals surface area contributed by atoms with Gasteiger partial charge in [0.2, 0.25) is 5.91 Å². The monoisotopic (exact) mass is 758 g/mol. The van der Waals surface area contributed by atoms with Gasteiger partial charge in [-0.3, -0.25) is 9.59 Å². The third-order valence-corrected chi connectivity index (χ3v) is 10.1. The average Bonchev–Trinajstić information content (AvgIpc) is 3.16. The fourth-order valence-corrected chi connectivity index (χ4v) is 6.67. The Morgan fingerprint density at radius 3 is 1.56 bits per heavy atom. The fourth-order valence-electron chi connectivity index (χ4n) is 6.67. The summed E-state index contributed by atoms with van der Waals surface area (Å²) in [6.45, 7) is 6.32. The summed E-state index contributed by atoms with van der Waals surface area (Å²) in [7, 11) is 0. The summed E-state index contributed by atoms with van der Waals surface area (Å²) in [5, 5.41) is 23.6. The Balaban J connectivity index is 4.68. The summed E-state index contributed by atoms with van der Waals surface area (Å²) in [6.07, 6.45) is 48.9. The van der Waals surface area contributed by atoms with Crippen molar-refractivity contribution in [3.05, 3.63) is 48.6 Å². The van der Waals surface area contributed by atoms with Gasteiger partial charge >= 0.3 is 5.97 Å². The number of ether oxygens (including phenoxy) is 1. The summed E-state index contributed by atoms with van der Waals surface area (Å²) < 4.78 is 5.87. The van der Waals surface area contributed by atoms with Crippen molar-refractivity contribution < 1.29 is 24.5 Å². The zero-order chi connectivity index (χ0) is 39.6. The van der Waals surface area contributed by atoms with Gasteiger partial charge in [0.1, 0.15) is 6.10 Å². The Bertz CT molecular complexity index is 941. The molecule has 0 aromatic carbocycles. The molecule has 314 valence electrons. The van der Waals surface area contributed by atoms with Gasteiger partial charge < -0.3 is 20.3 Å². The van der Waals surface area contributed by atoms with Crippen molar-refractivity contribution >= 4 is 11.9 Å². The normalized spacial score (nSPS) is 13.8. The van der Waals surface area contributed by atoms with E-state index >= 15 is 0 Å². The second-order valence-electron chi connectivity index (χ2n) is 15.4. The van der Waals surface area contributed by atoms with Crippen molar-refractivity contribution in [3.8, 4) is 0 Å². The molecule has 0 saturated carbocycles. The van der Waals surface area contributed by atoms with Crippen LogP contribution in [0.1, 0.15) is 220 Å². The number of unbranched alkanes of at least 4 members (excludes halogenated alkanes) is 20. The quantitative estimate of drug-likeness (QED) is 0.0329. The topological polar surface area (TPSA) is 95.9 Å². The van der Waals surface area contributed by atoms with Gasteiger partial charge in [-0.1, -0.05) is 172 Å². The van der Waals surface area contributed by atoms with Crippen LogP contribution >= 0.6 is 0 Å². The van der Waals surface area contributed by atoms with Gasteiger partial charge in [0.25, 0.3) is 0 Å². The molecule has 0 aromatic rings. The van der Waals surface area contributed by atoms with Crippen molar-refractivity contribution in [1.82, 2.24) is 5.32 Å². The molecule has 6 heteroatoms. The zero-order valence-corrected chi connectivity index (χ0v) is 35.6. The number of esters is 1. The Hall–Kier alpha value is -2.18. The second kappa shape index (κ2) is 42.0. The minimum absolute atomic E-state index is 0.0454. The van der Waals surface area contributed by atoms with Crippen LogP contribution in [0, 0.1) is 0 Å². The van der Waals surface area contributed by atoms with Gasteiger partial charge in [-0.25, -0.2) is 0 Å². The van der Waals surface area contributed by atoms with Crippen LogP contribution in [0.4, 0.5) is 0 Å². The van der Waals surface area contributed by atoms with E-state index in [-0.39, 0.29) is 24.9 Å². The Kier molecular flexibility index (Phi) is 40.3. The molecule has 54 heavy (non-hydrogen) atoms. The molecule has 3 unspecified atom stereocenters. The number of nitrogens with one attached hydrogen (secondary N) is 1. The van der Waals surface area contributed by atoms with Crippen LogP contribution in [-0.2, 0) is 14.3 Å². The first kappa shape index (κ1) is 51.8. The maximum atomic E-state index is 13.1. The van der Waals surface area contributed by atoms with E-state index in [2.05, 4.69) is 74.7 Å². The molecule has 6 nitrogen and oxygen atoms in total. The first-order chi connectivity index (χ1) is 26.5. The molecule has 0 radical (unpaired) electrons. The number of carbonyl (C=O) groups is 2. The molecule has 1 amide bonds. The van der Waals surface area contributed by atoms with Gasteiger partial charge in [-0.15, -0.1) is 0 Å². The smallest absolute Gasteiger partial charge is 0.306 e. The number of aliphatic hydroxyl groups excluding tert-OH is 2. The SMILES string of the molecule is CC/C=C/C/C=C/C/C=C/CCCCC(CC(=O)NC(CO)C(O)CCCCCCCCCCCC)OC(=O)CCCCC/C=C\CCCCCCCC. The highest BCUT2D eigenvalue weighted by atomic mass is 16.5. The number of amides is 1. The number of carbonyl (C=O) groups excluding carboxylic acids is 2. The molecule has 0 fully saturated rings. The minimum Gasteiger partial charge on any atom is -0.462 e. The highest BCUT2D eigenvalue weighted by Gasteiger charge is 2.24. The summed E-state index contributed by atoms with van der Waals surface area (Å²) in [5.41, 5.74) is 0. The molecule has 0 saturated heterocycles. The summed E-state index contributed by atoms with van der Waals surface area (Å²) in [6, 6.07) is -0.714. The molecule has 0 spiro atoms. The number of aliphatic hydroxyl groups is 2. The van der Waals surface area contributed by atoms with Crippen LogP contribution in [0.25, 0.3) is 0 Å². The summed E-state index contributed by atoms with van der Waals surface area (Å²) in [4.78, 5) is 25.9. The van der Waals surface area contributed by atoms with Crippen molar-refractivity contribution in [2.24, 2.45) is 0 Å². The van der Waals surface area contributed by atoms with E-state index in [9.17, 15) is 19.8 Å². The van der Waals surface area contributed by atoms with Crippen LogP contribution in [0.3, 0.4) is 0 Å². The van der Waals surface area contributed by atoms with Crippen LogP contribution in [-0.4, -0.2) is 46.9 Å². The van der Waals surface area contributed by atoms with Crippen molar-refractivity contribution in [3.63, 3.8) is 0 Å². The molecule has 0 heterocycles. The van der Waals surface area contributed by atoms with Crippen LogP contribution in [0.2, 0.25) is 0 Å².